The highest BCUT2D eigenvalue weighted by atomic mass is 79.9. The molecule has 0 saturated heterocycles. The molecule has 0 bridgehead atoms. The van der Waals surface area contributed by atoms with Crippen LogP contribution in [0.1, 0.15) is 5.56 Å². The van der Waals surface area contributed by atoms with Gasteiger partial charge in [0.2, 0.25) is 4.77 Å². The van der Waals surface area contributed by atoms with Crippen LogP contribution in [0.25, 0.3) is 0 Å². The minimum Gasteiger partial charge on any atom is -0.318 e. The molecule has 2 rings (SSSR count). The minimum absolute atomic E-state index is 0.562. The summed E-state index contributed by atoms with van der Waals surface area (Å²) in [6, 6.07) is 8.10. The quantitative estimate of drug-likeness (QED) is 0.851. The Labute approximate surface area is 100 Å². The van der Waals surface area contributed by atoms with E-state index >= 15 is 0 Å². The van der Waals surface area contributed by atoms with Gasteiger partial charge in [-0.3, -0.25) is 5.10 Å². The molecule has 1 aromatic carbocycles. The summed E-state index contributed by atoms with van der Waals surface area (Å²) in [7, 11) is 0. The average molecular weight is 285 g/mol. The molecule has 2 aromatic rings. The molecule has 1 heterocycles. The van der Waals surface area contributed by atoms with Crippen molar-refractivity contribution in [1.82, 2.24) is 14.9 Å². The van der Waals surface area contributed by atoms with Gasteiger partial charge < -0.3 is 5.43 Å². The van der Waals surface area contributed by atoms with Crippen molar-refractivity contribution in [3.8, 4) is 0 Å². The summed E-state index contributed by atoms with van der Waals surface area (Å²) >= 11 is 8.39. The Bertz CT molecular complexity index is 487. The van der Waals surface area contributed by atoms with Crippen LogP contribution >= 0.6 is 28.1 Å². The van der Waals surface area contributed by atoms with Gasteiger partial charge in [0.05, 0.1) is 6.54 Å². The van der Waals surface area contributed by atoms with Gasteiger partial charge in [-0.1, -0.05) is 28.1 Å². The molecule has 0 spiro atoms. The van der Waals surface area contributed by atoms with Crippen LogP contribution in [0.15, 0.2) is 35.1 Å². The second-order valence-corrected chi connectivity index (χ2v) is 4.30. The largest absolute Gasteiger partial charge is 0.318 e. The van der Waals surface area contributed by atoms with Crippen LogP contribution in [-0.2, 0) is 6.54 Å². The number of aromatic amines is 1. The zero-order valence-corrected chi connectivity index (χ0v) is 10.2. The first-order valence-corrected chi connectivity index (χ1v) is 5.56. The lowest BCUT2D eigenvalue weighted by Gasteiger charge is -2.05. The van der Waals surface area contributed by atoms with E-state index in [2.05, 4.69) is 31.6 Å². The molecular formula is C9H9BrN4S. The molecule has 78 valence electrons. The lowest BCUT2D eigenvalue weighted by Crippen LogP contribution is -2.13. The SMILES string of the molecule is S=c1[nH]ncn1NCc1ccc(Br)cc1. The van der Waals surface area contributed by atoms with Crippen LogP contribution < -0.4 is 5.43 Å². The van der Waals surface area contributed by atoms with Gasteiger partial charge >= 0.3 is 0 Å². The van der Waals surface area contributed by atoms with E-state index in [4.69, 9.17) is 12.2 Å². The van der Waals surface area contributed by atoms with Crippen molar-refractivity contribution in [3.05, 3.63) is 45.4 Å². The second-order valence-electron chi connectivity index (χ2n) is 2.99. The number of nitrogens with one attached hydrogen (secondary N) is 2. The van der Waals surface area contributed by atoms with Crippen molar-refractivity contribution >= 4 is 28.1 Å². The van der Waals surface area contributed by atoms with Crippen LogP contribution in [0.4, 0.5) is 0 Å². The number of halogens is 1. The van der Waals surface area contributed by atoms with E-state index in [1.165, 1.54) is 5.56 Å². The first-order valence-electron chi connectivity index (χ1n) is 4.36. The van der Waals surface area contributed by atoms with Crippen LogP contribution in [-0.4, -0.2) is 14.9 Å². The number of rotatable bonds is 3. The van der Waals surface area contributed by atoms with Crippen molar-refractivity contribution in [2.45, 2.75) is 6.54 Å². The van der Waals surface area contributed by atoms with Gasteiger partial charge in [-0.15, -0.1) is 0 Å². The minimum atomic E-state index is 0.562. The van der Waals surface area contributed by atoms with Crippen molar-refractivity contribution in [2.24, 2.45) is 0 Å². The third-order valence-corrected chi connectivity index (χ3v) is 2.74. The van der Waals surface area contributed by atoms with E-state index in [1.807, 2.05) is 24.3 Å². The predicted octanol–water partition coefficient (Wildman–Crippen LogP) is 2.45. The van der Waals surface area contributed by atoms with E-state index in [0.717, 1.165) is 4.47 Å². The van der Waals surface area contributed by atoms with Crippen LogP contribution in [0.3, 0.4) is 0 Å². The summed E-state index contributed by atoms with van der Waals surface area (Å²) in [5.41, 5.74) is 4.31. The van der Waals surface area contributed by atoms with Gasteiger partial charge in [-0.25, -0.2) is 4.68 Å². The van der Waals surface area contributed by atoms with Crippen LogP contribution in [0, 0.1) is 4.77 Å². The molecule has 15 heavy (non-hydrogen) atoms. The van der Waals surface area contributed by atoms with Crippen molar-refractivity contribution in [3.63, 3.8) is 0 Å². The normalized spacial score (nSPS) is 10.2. The summed E-state index contributed by atoms with van der Waals surface area (Å²) in [4.78, 5) is 0. The topological polar surface area (TPSA) is 45.6 Å². The molecule has 2 N–H and O–H groups in total. The maximum absolute atomic E-state index is 5.00. The number of benzene rings is 1. The highest BCUT2D eigenvalue weighted by Crippen LogP contribution is 2.10. The van der Waals surface area contributed by atoms with E-state index in [-0.39, 0.29) is 0 Å². The molecule has 0 atom stereocenters. The fourth-order valence-corrected chi connectivity index (χ4v) is 1.57. The average Bonchev–Trinajstić information content (AvgIpc) is 2.63. The number of aromatic nitrogens is 3. The lowest BCUT2D eigenvalue weighted by molar-refractivity contribution is 0.824. The molecule has 0 amide bonds. The molecular weight excluding hydrogens is 276 g/mol. The number of nitrogens with zero attached hydrogens (tertiary/aromatic N) is 2. The zero-order chi connectivity index (χ0) is 10.7. The molecule has 1 aromatic heterocycles. The van der Waals surface area contributed by atoms with Gasteiger partial charge in [-0.05, 0) is 29.9 Å². The van der Waals surface area contributed by atoms with Crippen molar-refractivity contribution in [1.29, 1.82) is 0 Å². The Kier molecular flexibility index (Phi) is 3.17. The zero-order valence-electron chi connectivity index (χ0n) is 7.77. The summed E-state index contributed by atoms with van der Waals surface area (Å²) < 4.78 is 3.32. The van der Waals surface area contributed by atoms with Gasteiger partial charge in [0.15, 0.2) is 0 Å². The third kappa shape index (κ3) is 2.66. The lowest BCUT2D eigenvalue weighted by atomic mass is 10.2. The highest BCUT2D eigenvalue weighted by Gasteiger charge is 1.94. The molecule has 6 heteroatoms. The Balaban J connectivity index is 2.02. The monoisotopic (exact) mass is 284 g/mol. The molecule has 0 saturated carbocycles. The van der Waals surface area contributed by atoms with E-state index in [1.54, 1.807) is 11.0 Å². The second kappa shape index (κ2) is 4.59. The van der Waals surface area contributed by atoms with Crippen molar-refractivity contribution in [2.75, 3.05) is 5.43 Å². The molecule has 0 unspecified atom stereocenters. The van der Waals surface area contributed by atoms with E-state index in [9.17, 15) is 0 Å². The molecule has 0 radical (unpaired) electrons. The Morgan fingerprint density at radius 1 is 1.40 bits per heavy atom. The van der Waals surface area contributed by atoms with E-state index in [0.29, 0.717) is 11.3 Å². The number of hydrogen-bond donors (Lipinski definition) is 2. The Hall–Kier alpha value is -1.14. The number of hydrogen-bond acceptors (Lipinski definition) is 3. The first-order chi connectivity index (χ1) is 7.25. The van der Waals surface area contributed by atoms with Crippen molar-refractivity contribution < 1.29 is 0 Å². The Morgan fingerprint density at radius 3 is 2.73 bits per heavy atom. The molecule has 0 aliphatic heterocycles. The third-order valence-electron chi connectivity index (χ3n) is 1.92. The van der Waals surface area contributed by atoms with Crippen LogP contribution in [0.5, 0.6) is 0 Å². The maximum atomic E-state index is 5.00. The smallest absolute Gasteiger partial charge is 0.214 e. The summed E-state index contributed by atoms with van der Waals surface area (Å²) in [5, 5.41) is 6.48. The first kappa shape index (κ1) is 10.4. The number of H-pyrrole nitrogens is 1. The molecule has 0 aliphatic carbocycles. The highest BCUT2D eigenvalue weighted by molar-refractivity contribution is 9.10. The Morgan fingerprint density at radius 2 is 2.13 bits per heavy atom. The van der Waals surface area contributed by atoms with Gasteiger partial charge in [0, 0.05) is 4.47 Å². The molecule has 4 nitrogen and oxygen atoms in total. The summed E-state index contributed by atoms with van der Waals surface area (Å²) in [6.07, 6.45) is 1.61. The van der Waals surface area contributed by atoms with Gasteiger partial charge in [0.25, 0.3) is 0 Å². The van der Waals surface area contributed by atoms with Gasteiger partial charge in [-0.2, -0.15) is 5.10 Å². The summed E-state index contributed by atoms with van der Waals surface area (Å²) in [5.74, 6) is 0. The fourth-order valence-electron chi connectivity index (χ4n) is 1.14. The summed E-state index contributed by atoms with van der Waals surface area (Å²) in [6.45, 7) is 0.709. The van der Waals surface area contributed by atoms with Crippen LogP contribution in [0.2, 0.25) is 0 Å². The molecule has 0 fully saturated rings. The maximum Gasteiger partial charge on any atom is 0.214 e. The van der Waals surface area contributed by atoms with E-state index < -0.39 is 0 Å². The predicted molar refractivity (Wildman–Crippen MR) is 64.6 cm³/mol. The van der Waals surface area contributed by atoms with Gasteiger partial charge in [0.1, 0.15) is 6.33 Å². The fraction of sp³-hybridized carbons (Fsp3) is 0.111. The molecule has 0 aliphatic rings. The standard InChI is InChI=1S/C9H9BrN4S/c10-8-3-1-7(2-4-8)5-12-14-6-11-13-9(14)15/h1-4,6,12H,5H2,(H,13,15).